The Morgan fingerprint density at radius 1 is 1.30 bits per heavy atom. The third-order valence-electron chi connectivity index (χ3n) is 8.66. The molecule has 0 aromatic heterocycles. The largest absolute Gasteiger partial charge is 0.493 e. The van der Waals surface area contributed by atoms with Crippen LogP contribution in [0.15, 0.2) is 12.1 Å². The van der Waals surface area contributed by atoms with Crippen LogP contribution < -0.4 is 9.47 Å². The van der Waals surface area contributed by atoms with Crippen molar-refractivity contribution >= 4 is 5.78 Å². The summed E-state index contributed by atoms with van der Waals surface area (Å²) >= 11 is 0. The highest BCUT2D eigenvalue weighted by Gasteiger charge is 2.72. The van der Waals surface area contributed by atoms with E-state index in [1.807, 2.05) is 6.07 Å². The summed E-state index contributed by atoms with van der Waals surface area (Å²) < 4.78 is 12.1. The van der Waals surface area contributed by atoms with Gasteiger partial charge in [-0.25, -0.2) is 0 Å². The number of carbonyl (C=O) groups excluding carboxylic acids is 1. The number of Topliss-reactive ketones (excluding diaryl/α,β-unsaturated/α-hetero) is 1. The molecule has 1 aromatic carbocycles. The van der Waals surface area contributed by atoms with Crippen molar-refractivity contribution in [2.24, 2.45) is 11.3 Å². The average Bonchev–Trinajstić information content (AvgIpc) is 3.43. The fraction of sp³-hybridized carbons (Fsp3) is 0.696. The molecular weight excluding hydrogens is 338 g/mol. The number of carbonyl (C=O) groups is 1. The van der Waals surface area contributed by atoms with Gasteiger partial charge in [0.05, 0.1) is 12.5 Å². The van der Waals surface area contributed by atoms with Gasteiger partial charge in [-0.2, -0.15) is 0 Å². The zero-order valence-electron chi connectivity index (χ0n) is 16.4. The van der Waals surface area contributed by atoms with Crippen LogP contribution in [-0.4, -0.2) is 43.0 Å². The molecule has 0 radical (unpaired) electrons. The van der Waals surface area contributed by atoms with Gasteiger partial charge in [0, 0.05) is 30.0 Å². The Hall–Kier alpha value is -1.55. The van der Waals surface area contributed by atoms with Crippen molar-refractivity contribution in [2.45, 2.75) is 69.4 Å². The van der Waals surface area contributed by atoms with Crippen LogP contribution in [-0.2, 0) is 16.6 Å². The maximum absolute atomic E-state index is 13.1. The molecule has 27 heavy (non-hydrogen) atoms. The van der Waals surface area contributed by atoms with Gasteiger partial charge in [-0.1, -0.05) is 13.0 Å². The van der Waals surface area contributed by atoms with Crippen molar-refractivity contribution in [3.05, 3.63) is 23.3 Å². The Morgan fingerprint density at radius 2 is 2.15 bits per heavy atom. The number of ketones is 1. The lowest BCUT2D eigenvalue weighted by Crippen LogP contribution is -2.72. The Morgan fingerprint density at radius 3 is 2.89 bits per heavy atom. The molecule has 2 saturated carbocycles. The molecule has 0 N–H and O–H groups in total. The molecule has 5 aliphatic rings. The lowest BCUT2D eigenvalue weighted by atomic mass is 9.42. The summed E-state index contributed by atoms with van der Waals surface area (Å²) in [5.74, 6) is 2.89. The van der Waals surface area contributed by atoms with Crippen molar-refractivity contribution in [3.8, 4) is 11.5 Å². The topological polar surface area (TPSA) is 38.8 Å². The first-order valence-electron chi connectivity index (χ1n) is 10.8. The Bertz CT molecular complexity index is 831. The molecule has 6 rings (SSSR count). The van der Waals surface area contributed by atoms with Crippen molar-refractivity contribution < 1.29 is 14.3 Å². The van der Waals surface area contributed by atoms with E-state index in [-0.39, 0.29) is 16.9 Å². The van der Waals surface area contributed by atoms with Crippen LogP contribution in [0.1, 0.15) is 56.6 Å². The minimum atomic E-state index is -0.304. The second-order valence-corrected chi connectivity index (χ2v) is 9.48. The number of likely N-dealkylation sites (tertiary alicyclic amines) is 1. The van der Waals surface area contributed by atoms with E-state index in [0.29, 0.717) is 18.2 Å². The summed E-state index contributed by atoms with van der Waals surface area (Å²) in [6.45, 7) is 4.71. The van der Waals surface area contributed by atoms with Crippen LogP contribution in [0.25, 0.3) is 0 Å². The van der Waals surface area contributed by atoms with E-state index < -0.39 is 0 Å². The third-order valence-corrected chi connectivity index (χ3v) is 8.66. The van der Waals surface area contributed by atoms with Crippen molar-refractivity contribution in [3.63, 3.8) is 0 Å². The highest BCUT2D eigenvalue weighted by molar-refractivity contribution is 5.89. The van der Waals surface area contributed by atoms with Gasteiger partial charge in [0.25, 0.3) is 0 Å². The number of methoxy groups -OCH3 is 1. The molecule has 4 heteroatoms. The molecule has 1 spiro atoms. The molecule has 2 bridgehead atoms. The van der Waals surface area contributed by atoms with Crippen LogP contribution >= 0.6 is 0 Å². The normalized spacial score (nSPS) is 39.1. The van der Waals surface area contributed by atoms with Crippen molar-refractivity contribution in [1.82, 2.24) is 4.90 Å². The molecule has 144 valence electrons. The Kier molecular flexibility index (Phi) is 3.21. The molecule has 1 saturated heterocycles. The van der Waals surface area contributed by atoms with Crippen LogP contribution in [0.5, 0.6) is 11.5 Å². The molecular formula is C23H29NO3. The van der Waals surface area contributed by atoms with Gasteiger partial charge >= 0.3 is 0 Å². The quantitative estimate of drug-likeness (QED) is 0.817. The number of hydrogen-bond donors (Lipinski definition) is 0. The fourth-order valence-electron chi connectivity index (χ4n) is 7.35. The van der Waals surface area contributed by atoms with Crippen LogP contribution in [0, 0.1) is 11.3 Å². The molecule has 3 aliphatic carbocycles. The van der Waals surface area contributed by atoms with E-state index >= 15 is 0 Å². The third kappa shape index (κ3) is 1.81. The van der Waals surface area contributed by atoms with E-state index in [1.165, 1.54) is 30.5 Å². The van der Waals surface area contributed by atoms with Gasteiger partial charge in [-0.05, 0) is 62.6 Å². The minimum Gasteiger partial charge on any atom is -0.493 e. The van der Waals surface area contributed by atoms with Crippen LogP contribution in [0.3, 0.4) is 0 Å². The second-order valence-electron chi connectivity index (χ2n) is 9.48. The maximum atomic E-state index is 13.1. The summed E-state index contributed by atoms with van der Waals surface area (Å²) in [4.78, 5) is 15.9. The van der Waals surface area contributed by atoms with Gasteiger partial charge in [0.15, 0.2) is 23.4 Å². The first-order chi connectivity index (χ1) is 13.1. The van der Waals surface area contributed by atoms with Gasteiger partial charge in [0.2, 0.25) is 0 Å². The smallest absolute Gasteiger partial charge is 0.174 e. The van der Waals surface area contributed by atoms with Crippen LogP contribution in [0.4, 0.5) is 0 Å². The van der Waals surface area contributed by atoms with Gasteiger partial charge in [-0.15, -0.1) is 0 Å². The molecule has 3 fully saturated rings. The first-order valence-corrected chi connectivity index (χ1v) is 10.8. The van der Waals surface area contributed by atoms with Gasteiger partial charge in [0.1, 0.15) is 0 Å². The van der Waals surface area contributed by atoms with E-state index in [9.17, 15) is 4.79 Å². The number of piperidine rings is 1. The monoisotopic (exact) mass is 367 g/mol. The summed E-state index contributed by atoms with van der Waals surface area (Å²) in [5, 5.41) is 0. The van der Waals surface area contributed by atoms with Crippen molar-refractivity contribution in [1.29, 1.82) is 0 Å². The molecule has 0 amide bonds. The predicted octanol–water partition coefficient (Wildman–Crippen LogP) is 3.49. The lowest BCUT2D eigenvalue weighted by molar-refractivity contribution is -0.156. The zero-order valence-corrected chi connectivity index (χ0v) is 16.4. The first kappa shape index (κ1) is 16.4. The molecule has 4 atom stereocenters. The number of nitrogens with zero attached hydrogens (tertiary/aromatic N) is 1. The van der Waals surface area contributed by atoms with E-state index in [4.69, 9.17) is 9.47 Å². The summed E-state index contributed by atoms with van der Waals surface area (Å²) in [6, 6.07) is 4.84. The SMILES string of the molecule is CC[C@@]12CCC(=O)C3Oc4c(OC)ccc5c4[C@@]31CCN(CC1CC1)[C@@H]2C5. The molecule has 2 heterocycles. The Labute approximate surface area is 161 Å². The van der Waals surface area contributed by atoms with Gasteiger partial charge in [-0.3, -0.25) is 9.69 Å². The van der Waals surface area contributed by atoms with Crippen LogP contribution in [0.2, 0.25) is 0 Å². The molecule has 1 unspecified atom stereocenters. The van der Waals surface area contributed by atoms with E-state index in [0.717, 1.165) is 49.6 Å². The van der Waals surface area contributed by atoms with Crippen molar-refractivity contribution in [2.75, 3.05) is 20.2 Å². The average molecular weight is 367 g/mol. The number of ether oxygens (including phenoxy) is 2. The zero-order chi connectivity index (χ0) is 18.4. The lowest BCUT2D eigenvalue weighted by Gasteiger charge is -2.65. The summed E-state index contributed by atoms with van der Waals surface area (Å²) in [5.41, 5.74) is 2.75. The highest BCUT2D eigenvalue weighted by atomic mass is 16.5. The van der Waals surface area contributed by atoms with E-state index in [1.54, 1.807) is 7.11 Å². The standard InChI is InChI=1S/C23H29NO3/c1-3-22-9-8-16(25)21-23(22)10-11-24(13-14-4-5-14)18(22)12-15-6-7-17(26-2)20(27-21)19(15)23/h6-7,14,18,21H,3-5,8-13H2,1-2H3/t18-,21?,22+,23+/m1/s1. The fourth-order valence-corrected chi connectivity index (χ4v) is 7.35. The minimum absolute atomic E-state index is 0.140. The highest BCUT2D eigenvalue weighted by Crippen LogP contribution is 2.69. The number of rotatable bonds is 4. The molecule has 4 nitrogen and oxygen atoms in total. The maximum Gasteiger partial charge on any atom is 0.174 e. The summed E-state index contributed by atoms with van der Waals surface area (Å²) in [7, 11) is 1.71. The molecule has 2 aliphatic heterocycles. The summed E-state index contributed by atoms with van der Waals surface area (Å²) in [6.07, 6.45) is 7.45. The second kappa shape index (κ2) is 5.28. The predicted molar refractivity (Wildman–Crippen MR) is 102 cm³/mol. The van der Waals surface area contributed by atoms with E-state index in [2.05, 4.69) is 17.9 Å². The Balaban J connectivity index is 1.59. The number of benzene rings is 1. The molecule has 1 aromatic rings. The van der Waals surface area contributed by atoms with Gasteiger partial charge < -0.3 is 9.47 Å². The number of hydrogen-bond acceptors (Lipinski definition) is 4.